The summed E-state index contributed by atoms with van der Waals surface area (Å²) in [5.74, 6) is -0.432. The maximum atomic E-state index is 13.7. The first-order valence-electron chi connectivity index (χ1n) is 12.7. The van der Waals surface area contributed by atoms with E-state index in [4.69, 9.17) is 4.42 Å². The van der Waals surface area contributed by atoms with E-state index in [0.717, 1.165) is 28.4 Å². The normalized spacial score (nSPS) is 10.9. The largest absolute Gasteiger partial charge is 0.464 e. The minimum Gasteiger partial charge on any atom is -0.464 e. The van der Waals surface area contributed by atoms with Gasteiger partial charge < -0.3 is 14.2 Å². The van der Waals surface area contributed by atoms with Gasteiger partial charge in [-0.1, -0.05) is 71.2 Å². The molecule has 3 aromatic carbocycles. The lowest BCUT2D eigenvalue weighted by Crippen LogP contribution is -2.43. The van der Waals surface area contributed by atoms with Crippen molar-refractivity contribution in [1.82, 2.24) is 9.80 Å². The average Bonchev–Trinajstić information content (AvgIpc) is 2.93. The molecule has 0 aliphatic heterocycles. The smallest absolute Gasteiger partial charge is 0.254 e. The highest BCUT2D eigenvalue weighted by molar-refractivity contribution is 9.10. The highest BCUT2D eigenvalue weighted by Gasteiger charge is 2.24. The van der Waals surface area contributed by atoms with Crippen LogP contribution in [0.1, 0.15) is 46.8 Å². The molecule has 2 amide bonds. The van der Waals surface area contributed by atoms with Crippen LogP contribution in [0.5, 0.6) is 0 Å². The summed E-state index contributed by atoms with van der Waals surface area (Å²) in [4.78, 5) is 43.6. The molecule has 1 aromatic heterocycles. The second-order valence-corrected chi connectivity index (χ2v) is 10.3. The van der Waals surface area contributed by atoms with Gasteiger partial charge >= 0.3 is 0 Å². The lowest BCUT2D eigenvalue weighted by atomic mass is 10.1. The second kappa shape index (κ2) is 12.7. The summed E-state index contributed by atoms with van der Waals surface area (Å²) in [5, 5.41) is 0.490. The van der Waals surface area contributed by atoms with E-state index in [1.807, 2.05) is 62.4 Å². The van der Waals surface area contributed by atoms with Gasteiger partial charge in [0.2, 0.25) is 5.91 Å². The van der Waals surface area contributed by atoms with Crippen LogP contribution >= 0.6 is 15.9 Å². The van der Waals surface area contributed by atoms with Crippen molar-refractivity contribution in [3.63, 3.8) is 0 Å². The molecule has 0 unspecified atom stereocenters. The average molecular weight is 576 g/mol. The number of aryl methyl sites for hydroxylation is 1. The number of halogens is 1. The number of carbonyl (C=O) groups excluding carboxylic acids is 2. The third-order valence-corrected chi connectivity index (χ3v) is 6.94. The van der Waals surface area contributed by atoms with E-state index in [-0.39, 0.29) is 30.3 Å². The molecule has 38 heavy (non-hydrogen) atoms. The van der Waals surface area contributed by atoms with Crippen molar-refractivity contribution >= 4 is 38.7 Å². The molecular formula is C31H31BrN2O4. The molecule has 0 atom stereocenters. The summed E-state index contributed by atoms with van der Waals surface area (Å²) in [6, 6.07) is 22.2. The molecule has 6 nitrogen and oxygen atoms in total. The number of carbonyl (C=O) groups is 2. The van der Waals surface area contributed by atoms with Gasteiger partial charge in [-0.25, -0.2) is 0 Å². The highest BCUT2D eigenvalue weighted by atomic mass is 79.9. The highest BCUT2D eigenvalue weighted by Crippen LogP contribution is 2.17. The van der Waals surface area contributed by atoms with Gasteiger partial charge in [0.25, 0.3) is 5.91 Å². The Morgan fingerprint density at radius 2 is 1.66 bits per heavy atom. The molecule has 4 aromatic rings. The van der Waals surface area contributed by atoms with Crippen molar-refractivity contribution in [2.24, 2.45) is 0 Å². The first-order chi connectivity index (χ1) is 18.4. The van der Waals surface area contributed by atoms with Crippen molar-refractivity contribution in [3.8, 4) is 0 Å². The predicted molar refractivity (Wildman–Crippen MR) is 153 cm³/mol. The number of rotatable bonds is 10. The van der Waals surface area contributed by atoms with Crippen molar-refractivity contribution in [3.05, 3.63) is 116 Å². The minimum atomic E-state index is -0.237. The summed E-state index contributed by atoms with van der Waals surface area (Å²) in [7, 11) is 0. The zero-order valence-corrected chi connectivity index (χ0v) is 23.2. The van der Waals surface area contributed by atoms with Crippen molar-refractivity contribution < 1.29 is 14.0 Å². The van der Waals surface area contributed by atoms with E-state index >= 15 is 0 Å². The summed E-state index contributed by atoms with van der Waals surface area (Å²) in [5.41, 5.74) is 3.16. The zero-order chi connectivity index (χ0) is 27.1. The Kier molecular flexibility index (Phi) is 9.13. The van der Waals surface area contributed by atoms with Crippen LogP contribution in [0, 0.1) is 6.92 Å². The molecule has 0 radical (unpaired) electrons. The Hall–Kier alpha value is -3.71. The molecule has 0 fully saturated rings. The lowest BCUT2D eigenvalue weighted by Gasteiger charge is -2.28. The predicted octanol–water partition coefficient (Wildman–Crippen LogP) is 6.34. The molecule has 0 spiro atoms. The molecule has 1 heterocycles. The zero-order valence-electron chi connectivity index (χ0n) is 21.7. The van der Waals surface area contributed by atoms with Gasteiger partial charge in [-0.05, 0) is 55.3 Å². The van der Waals surface area contributed by atoms with Crippen LogP contribution in [-0.4, -0.2) is 34.7 Å². The van der Waals surface area contributed by atoms with Crippen LogP contribution in [0.25, 0.3) is 11.0 Å². The topological polar surface area (TPSA) is 70.8 Å². The molecule has 0 N–H and O–H groups in total. The van der Waals surface area contributed by atoms with Gasteiger partial charge in [-0.15, -0.1) is 0 Å². The molecule has 0 bridgehead atoms. The second-order valence-electron chi connectivity index (χ2n) is 9.41. The Labute approximate surface area is 231 Å². The quantitative estimate of drug-likeness (QED) is 0.222. The molecule has 4 rings (SSSR count). The first kappa shape index (κ1) is 27.3. The number of unbranched alkanes of at least 4 members (excludes halogenated alkanes) is 1. The van der Waals surface area contributed by atoms with Gasteiger partial charge in [0, 0.05) is 23.1 Å². The maximum Gasteiger partial charge on any atom is 0.254 e. The fraction of sp³-hybridized carbons (Fsp3) is 0.258. The number of fused-ring (bicyclic) bond motifs is 1. The van der Waals surface area contributed by atoms with Crippen LogP contribution in [0.15, 0.2) is 92.7 Å². The fourth-order valence-electron chi connectivity index (χ4n) is 4.28. The van der Waals surface area contributed by atoms with Gasteiger partial charge in [0.1, 0.15) is 12.1 Å². The summed E-state index contributed by atoms with van der Waals surface area (Å²) in [6.07, 6.45) is 3.11. The Bertz CT molecular complexity index is 1470. The van der Waals surface area contributed by atoms with E-state index in [1.54, 1.807) is 34.1 Å². The first-order valence-corrected chi connectivity index (χ1v) is 13.5. The Morgan fingerprint density at radius 3 is 2.37 bits per heavy atom. The van der Waals surface area contributed by atoms with Crippen LogP contribution < -0.4 is 5.43 Å². The van der Waals surface area contributed by atoms with E-state index < -0.39 is 0 Å². The Balaban J connectivity index is 1.63. The number of hydrogen-bond acceptors (Lipinski definition) is 4. The molecule has 7 heteroatoms. The number of benzene rings is 3. The minimum absolute atomic E-state index is 0.0774. The monoisotopic (exact) mass is 574 g/mol. The SMILES string of the molecule is CCCCN(CC(=O)N(Cc1ccccc1)Cc1coc2ccc(C)cc2c1=O)C(=O)c1ccc(Br)cc1. The molecule has 0 saturated carbocycles. The number of hydrogen-bond donors (Lipinski definition) is 0. The molecule has 0 aliphatic rings. The van der Waals surface area contributed by atoms with Gasteiger partial charge in [-0.2, -0.15) is 0 Å². The van der Waals surface area contributed by atoms with E-state index in [0.29, 0.717) is 35.2 Å². The van der Waals surface area contributed by atoms with Crippen LogP contribution in [0.2, 0.25) is 0 Å². The molecular weight excluding hydrogens is 544 g/mol. The lowest BCUT2D eigenvalue weighted by molar-refractivity contribution is -0.133. The third kappa shape index (κ3) is 6.78. The van der Waals surface area contributed by atoms with E-state index in [9.17, 15) is 14.4 Å². The van der Waals surface area contributed by atoms with Gasteiger partial charge in [0.05, 0.1) is 23.8 Å². The molecule has 0 saturated heterocycles. The van der Waals surface area contributed by atoms with Crippen LogP contribution in [-0.2, 0) is 17.9 Å². The number of amides is 2. The standard InChI is InChI=1S/C31H31BrN2O4/c1-3-4-16-33(31(37)24-11-13-26(32)14-12-24)20-29(35)34(18-23-8-6-5-7-9-23)19-25-21-38-28-15-10-22(2)17-27(28)30(25)36/h5-15,17,21H,3-4,16,18-20H2,1-2H3. The fourth-order valence-corrected chi connectivity index (χ4v) is 4.54. The number of nitrogens with zero attached hydrogens (tertiary/aromatic N) is 2. The summed E-state index contributed by atoms with van der Waals surface area (Å²) in [6.45, 7) is 4.73. The van der Waals surface area contributed by atoms with Gasteiger partial charge in [-0.3, -0.25) is 14.4 Å². The van der Waals surface area contributed by atoms with Crippen molar-refractivity contribution in [1.29, 1.82) is 0 Å². The summed E-state index contributed by atoms with van der Waals surface area (Å²) < 4.78 is 6.62. The van der Waals surface area contributed by atoms with Crippen LogP contribution in [0.3, 0.4) is 0 Å². The maximum absolute atomic E-state index is 13.7. The van der Waals surface area contributed by atoms with Crippen molar-refractivity contribution in [2.45, 2.75) is 39.8 Å². The third-order valence-electron chi connectivity index (χ3n) is 6.42. The van der Waals surface area contributed by atoms with Crippen LogP contribution in [0.4, 0.5) is 0 Å². The van der Waals surface area contributed by atoms with Crippen molar-refractivity contribution in [2.75, 3.05) is 13.1 Å². The Morgan fingerprint density at radius 1 is 0.921 bits per heavy atom. The summed E-state index contributed by atoms with van der Waals surface area (Å²) >= 11 is 3.40. The molecule has 196 valence electrons. The molecule has 0 aliphatic carbocycles. The van der Waals surface area contributed by atoms with E-state index in [1.165, 1.54) is 6.26 Å². The van der Waals surface area contributed by atoms with E-state index in [2.05, 4.69) is 15.9 Å². The van der Waals surface area contributed by atoms with Gasteiger partial charge in [0.15, 0.2) is 5.43 Å².